The number of fused-ring (bicyclic) bond motifs is 1. The van der Waals surface area contributed by atoms with E-state index >= 15 is 0 Å². The topological polar surface area (TPSA) is 69.2 Å². The number of phenols is 1. The number of aromatic nitrogens is 2. The van der Waals surface area contributed by atoms with E-state index in [0.717, 1.165) is 28.1 Å². The summed E-state index contributed by atoms with van der Waals surface area (Å²) in [6.45, 7) is 0. The number of benzene rings is 3. The maximum atomic E-state index is 13.3. The number of hydrogen-bond acceptors (Lipinski definition) is 3. The third-order valence-electron chi connectivity index (χ3n) is 5.06. The second-order valence-electron chi connectivity index (χ2n) is 6.73. The molecule has 0 spiro atoms. The molecule has 2 heterocycles. The number of amides is 1. The summed E-state index contributed by atoms with van der Waals surface area (Å²) in [6.07, 6.45) is 0. The Bertz CT molecular complexity index is 1140. The number of carbonyl (C=O) groups excluding carboxylic acids is 1. The van der Waals surface area contributed by atoms with E-state index in [1.807, 2.05) is 72.8 Å². The number of nitrogens with zero attached hydrogens (tertiary/aromatic N) is 2. The monoisotopic (exact) mass is 367 g/mol. The van der Waals surface area contributed by atoms with Gasteiger partial charge in [-0.25, -0.2) is 0 Å². The van der Waals surface area contributed by atoms with E-state index in [-0.39, 0.29) is 17.7 Å². The summed E-state index contributed by atoms with van der Waals surface area (Å²) in [7, 11) is 0. The van der Waals surface area contributed by atoms with Gasteiger partial charge in [-0.3, -0.25) is 14.8 Å². The lowest BCUT2D eigenvalue weighted by Gasteiger charge is -2.26. The summed E-state index contributed by atoms with van der Waals surface area (Å²) >= 11 is 0. The Hall–Kier alpha value is -3.86. The van der Waals surface area contributed by atoms with Gasteiger partial charge >= 0.3 is 0 Å². The SMILES string of the molecule is O=C1c2[nH]nc(-c3ccccc3)c2[C@H](c2ccc(O)cc2)N1c1ccccc1. The molecule has 0 saturated heterocycles. The lowest BCUT2D eigenvalue weighted by atomic mass is 9.96. The van der Waals surface area contributed by atoms with Crippen molar-refractivity contribution in [1.29, 1.82) is 0 Å². The summed E-state index contributed by atoms with van der Waals surface area (Å²) in [5, 5.41) is 17.1. The molecular weight excluding hydrogens is 350 g/mol. The van der Waals surface area contributed by atoms with E-state index in [1.165, 1.54) is 0 Å². The van der Waals surface area contributed by atoms with Crippen LogP contribution in [0.2, 0.25) is 0 Å². The predicted molar refractivity (Wildman–Crippen MR) is 107 cm³/mol. The predicted octanol–water partition coefficient (Wildman–Crippen LogP) is 4.53. The zero-order chi connectivity index (χ0) is 19.1. The highest BCUT2D eigenvalue weighted by molar-refractivity contribution is 6.11. The lowest BCUT2D eigenvalue weighted by molar-refractivity contribution is 0.0989. The first-order chi connectivity index (χ1) is 13.7. The molecule has 4 aromatic rings. The normalized spacial score (nSPS) is 15.6. The number of H-pyrrole nitrogens is 1. The maximum Gasteiger partial charge on any atom is 0.277 e. The summed E-state index contributed by atoms with van der Waals surface area (Å²) in [5.41, 5.74) is 4.79. The van der Waals surface area contributed by atoms with Crippen molar-refractivity contribution in [1.82, 2.24) is 10.2 Å². The second kappa shape index (κ2) is 6.39. The van der Waals surface area contributed by atoms with Crippen molar-refractivity contribution in [3.05, 3.63) is 102 Å². The van der Waals surface area contributed by atoms with E-state index in [1.54, 1.807) is 17.0 Å². The third-order valence-corrected chi connectivity index (χ3v) is 5.06. The van der Waals surface area contributed by atoms with Gasteiger partial charge in [0.15, 0.2) is 0 Å². The average Bonchev–Trinajstić information content (AvgIpc) is 3.29. The minimum Gasteiger partial charge on any atom is -0.508 e. The van der Waals surface area contributed by atoms with Crippen LogP contribution in [0, 0.1) is 0 Å². The smallest absolute Gasteiger partial charge is 0.277 e. The largest absolute Gasteiger partial charge is 0.508 e. The molecule has 136 valence electrons. The fourth-order valence-corrected chi connectivity index (χ4v) is 3.79. The van der Waals surface area contributed by atoms with E-state index in [0.29, 0.717) is 5.69 Å². The summed E-state index contributed by atoms with van der Waals surface area (Å²) < 4.78 is 0. The number of anilines is 1. The first kappa shape index (κ1) is 16.3. The van der Waals surface area contributed by atoms with Crippen LogP contribution in [0.15, 0.2) is 84.9 Å². The molecule has 0 aliphatic carbocycles. The van der Waals surface area contributed by atoms with Crippen LogP contribution in [-0.4, -0.2) is 21.2 Å². The number of aromatic hydroxyl groups is 1. The molecule has 0 fully saturated rings. The molecule has 5 heteroatoms. The van der Waals surface area contributed by atoms with Crippen LogP contribution in [0.4, 0.5) is 5.69 Å². The highest BCUT2D eigenvalue weighted by Crippen LogP contribution is 2.45. The van der Waals surface area contributed by atoms with Gasteiger partial charge in [0.05, 0.1) is 11.7 Å². The van der Waals surface area contributed by atoms with Crippen molar-refractivity contribution >= 4 is 11.6 Å². The summed E-state index contributed by atoms with van der Waals surface area (Å²) in [6, 6.07) is 26.1. The van der Waals surface area contributed by atoms with Crippen LogP contribution in [0.25, 0.3) is 11.3 Å². The molecule has 0 saturated carbocycles. The quantitative estimate of drug-likeness (QED) is 0.559. The van der Waals surface area contributed by atoms with Gasteiger partial charge < -0.3 is 5.11 Å². The van der Waals surface area contributed by atoms with Crippen molar-refractivity contribution in [2.45, 2.75) is 6.04 Å². The molecule has 28 heavy (non-hydrogen) atoms. The van der Waals surface area contributed by atoms with Crippen LogP contribution in [0.5, 0.6) is 5.75 Å². The molecule has 0 unspecified atom stereocenters. The van der Waals surface area contributed by atoms with Crippen LogP contribution < -0.4 is 4.90 Å². The van der Waals surface area contributed by atoms with Crippen LogP contribution >= 0.6 is 0 Å². The molecule has 3 aromatic carbocycles. The minimum atomic E-state index is -0.334. The van der Waals surface area contributed by atoms with Crippen molar-refractivity contribution in [3.63, 3.8) is 0 Å². The second-order valence-corrected chi connectivity index (χ2v) is 6.73. The fourth-order valence-electron chi connectivity index (χ4n) is 3.79. The first-order valence-electron chi connectivity index (χ1n) is 9.05. The number of rotatable bonds is 3. The Kier molecular flexibility index (Phi) is 3.72. The number of phenolic OH excluding ortho intramolecular Hbond substituents is 1. The maximum absolute atomic E-state index is 13.3. The van der Waals surface area contributed by atoms with Crippen molar-refractivity contribution in [3.8, 4) is 17.0 Å². The van der Waals surface area contributed by atoms with E-state index in [4.69, 9.17) is 0 Å². The number of nitrogens with one attached hydrogen (secondary N) is 1. The summed E-state index contributed by atoms with van der Waals surface area (Å²) in [5.74, 6) is 0.0731. The molecule has 1 aliphatic rings. The minimum absolute atomic E-state index is 0.117. The molecule has 0 bridgehead atoms. The summed E-state index contributed by atoms with van der Waals surface area (Å²) in [4.78, 5) is 15.1. The molecule has 1 aromatic heterocycles. The lowest BCUT2D eigenvalue weighted by Crippen LogP contribution is -2.29. The Morgan fingerprint density at radius 1 is 0.857 bits per heavy atom. The van der Waals surface area contributed by atoms with Crippen molar-refractivity contribution < 1.29 is 9.90 Å². The number of hydrogen-bond donors (Lipinski definition) is 2. The van der Waals surface area contributed by atoms with Gasteiger partial charge in [-0.2, -0.15) is 5.10 Å². The molecular formula is C23H17N3O2. The fraction of sp³-hybridized carbons (Fsp3) is 0.0435. The molecule has 2 N–H and O–H groups in total. The molecule has 1 atom stereocenters. The molecule has 5 rings (SSSR count). The van der Waals surface area contributed by atoms with Crippen LogP contribution in [0.1, 0.15) is 27.7 Å². The van der Waals surface area contributed by atoms with Crippen LogP contribution in [0.3, 0.4) is 0 Å². The van der Waals surface area contributed by atoms with Gasteiger partial charge in [0.2, 0.25) is 0 Å². The average molecular weight is 367 g/mol. The van der Waals surface area contributed by atoms with Gasteiger partial charge in [-0.05, 0) is 29.8 Å². The number of carbonyl (C=O) groups is 1. The van der Waals surface area contributed by atoms with E-state index in [9.17, 15) is 9.90 Å². The van der Waals surface area contributed by atoms with Gasteiger partial charge in [0.25, 0.3) is 5.91 Å². The Morgan fingerprint density at radius 2 is 1.50 bits per heavy atom. The Morgan fingerprint density at radius 3 is 2.18 bits per heavy atom. The number of para-hydroxylation sites is 1. The first-order valence-corrected chi connectivity index (χ1v) is 9.05. The third kappa shape index (κ3) is 2.48. The zero-order valence-corrected chi connectivity index (χ0v) is 14.9. The van der Waals surface area contributed by atoms with Crippen molar-refractivity contribution in [2.75, 3.05) is 4.90 Å². The van der Waals surface area contributed by atoms with Crippen molar-refractivity contribution in [2.24, 2.45) is 0 Å². The van der Waals surface area contributed by atoms with Gasteiger partial charge in [-0.15, -0.1) is 0 Å². The highest BCUT2D eigenvalue weighted by atomic mass is 16.3. The molecule has 1 amide bonds. The zero-order valence-electron chi connectivity index (χ0n) is 14.9. The Balaban J connectivity index is 1.73. The van der Waals surface area contributed by atoms with Crippen LogP contribution in [-0.2, 0) is 0 Å². The van der Waals surface area contributed by atoms with E-state index in [2.05, 4.69) is 10.2 Å². The van der Waals surface area contributed by atoms with Gasteiger partial charge in [0.1, 0.15) is 11.4 Å². The highest BCUT2D eigenvalue weighted by Gasteiger charge is 2.42. The molecule has 0 radical (unpaired) electrons. The Labute approximate surface area is 161 Å². The van der Waals surface area contributed by atoms with Gasteiger partial charge in [0, 0.05) is 16.8 Å². The van der Waals surface area contributed by atoms with Gasteiger partial charge in [-0.1, -0.05) is 60.7 Å². The molecule has 5 nitrogen and oxygen atoms in total. The molecule has 1 aliphatic heterocycles. The number of aromatic amines is 1. The van der Waals surface area contributed by atoms with E-state index < -0.39 is 0 Å². The standard InChI is InChI=1S/C23H17N3O2/c27-18-13-11-16(12-14-18)22-19-20(15-7-3-1-4-8-15)24-25-21(19)23(28)26(22)17-9-5-2-6-10-17/h1-14,22,27H,(H,24,25)/t22-/m0/s1.